The highest BCUT2D eigenvalue weighted by molar-refractivity contribution is 5.89. The molecule has 20 heavy (non-hydrogen) atoms. The Balaban J connectivity index is 1.94. The van der Waals surface area contributed by atoms with E-state index < -0.39 is 30.0 Å². The van der Waals surface area contributed by atoms with Crippen LogP contribution in [0.4, 0.5) is 0 Å². The molecule has 2 aliphatic rings. The lowest BCUT2D eigenvalue weighted by Crippen LogP contribution is -2.43. The monoisotopic (exact) mass is 278 g/mol. The summed E-state index contributed by atoms with van der Waals surface area (Å²) in [5, 5.41) is 11.3. The lowest BCUT2D eigenvalue weighted by molar-refractivity contribution is -0.178. The second-order valence-corrected chi connectivity index (χ2v) is 4.77. The number of hydrogen-bond acceptors (Lipinski definition) is 6. The number of nitrogens with zero attached hydrogens (tertiary/aromatic N) is 1. The van der Waals surface area contributed by atoms with Crippen LogP contribution in [0.2, 0.25) is 0 Å². The molecule has 2 rings (SSSR count). The number of esters is 2. The van der Waals surface area contributed by atoms with Gasteiger partial charge in [-0.2, -0.15) is 5.26 Å². The Kier molecular flexibility index (Phi) is 4.03. The van der Waals surface area contributed by atoms with Crippen molar-refractivity contribution < 1.29 is 23.9 Å². The van der Waals surface area contributed by atoms with E-state index in [1.165, 1.54) is 0 Å². The first-order valence-corrected chi connectivity index (χ1v) is 6.24. The Morgan fingerprint density at radius 3 is 3.00 bits per heavy atom. The molecular weight excluding hydrogens is 264 g/mol. The summed E-state index contributed by atoms with van der Waals surface area (Å²) in [6, 6.07) is 2.07. The second-order valence-electron chi connectivity index (χ2n) is 4.77. The van der Waals surface area contributed by atoms with E-state index >= 15 is 0 Å². The molecule has 0 aromatic heterocycles. The predicted molar refractivity (Wildman–Crippen MR) is 64.8 cm³/mol. The quantitative estimate of drug-likeness (QED) is 0.558. The van der Waals surface area contributed by atoms with Crippen LogP contribution < -0.4 is 5.32 Å². The van der Waals surface area contributed by atoms with Crippen LogP contribution in [0, 0.1) is 23.2 Å². The van der Waals surface area contributed by atoms with Crippen molar-refractivity contribution in [1.82, 2.24) is 5.32 Å². The van der Waals surface area contributed by atoms with Gasteiger partial charge >= 0.3 is 11.9 Å². The smallest absolute Gasteiger partial charge is 0.325 e. The van der Waals surface area contributed by atoms with Crippen molar-refractivity contribution in [3.05, 3.63) is 12.7 Å². The summed E-state index contributed by atoms with van der Waals surface area (Å²) in [5.41, 5.74) is 0. The molecule has 1 N–H and O–H groups in total. The number of ether oxygens (including phenoxy) is 2. The highest BCUT2D eigenvalue weighted by atomic mass is 16.6. The molecule has 1 aliphatic heterocycles. The van der Waals surface area contributed by atoms with Crippen molar-refractivity contribution >= 4 is 17.8 Å². The number of amides is 1. The Morgan fingerprint density at radius 2 is 2.35 bits per heavy atom. The van der Waals surface area contributed by atoms with Gasteiger partial charge in [-0.1, -0.05) is 6.58 Å². The summed E-state index contributed by atoms with van der Waals surface area (Å²) in [6.07, 6.45) is 0.358. The molecule has 1 heterocycles. The second kappa shape index (κ2) is 5.74. The normalized spacial score (nSPS) is 30.9. The van der Waals surface area contributed by atoms with Crippen molar-refractivity contribution in [2.24, 2.45) is 11.8 Å². The van der Waals surface area contributed by atoms with Gasteiger partial charge in [-0.05, 0) is 12.5 Å². The topological polar surface area (TPSA) is 105 Å². The molecule has 2 bridgehead atoms. The molecule has 0 aromatic carbocycles. The van der Waals surface area contributed by atoms with Gasteiger partial charge in [0.05, 0.1) is 18.4 Å². The number of carbonyl (C=O) groups excluding carboxylic acids is 3. The maximum atomic E-state index is 11.6. The molecule has 7 nitrogen and oxygen atoms in total. The molecule has 0 spiro atoms. The summed E-state index contributed by atoms with van der Waals surface area (Å²) in [4.78, 5) is 33.9. The van der Waals surface area contributed by atoms with Crippen LogP contribution in [0.3, 0.4) is 0 Å². The summed E-state index contributed by atoms with van der Waals surface area (Å²) in [6.45, 7) is 2.97. The van der Waals surface area contributed by atoms with Crippen molar-refractivity contribution in [3.63, 3.8) is 0 Å². The zero-order valence-electron chi connectivity index (χ0n) is 10.7. The average molecular weight is 278 g/mol. The molecule has 4 atom stereocenters. The van der Waals surface area contributed by atoms with Gasteiger partial charge in [0.2, 0.25) is 5.91 Å². The number of nitriles is 1. The van der Waals surface area contributed by atoms with Crippen molar-refractivity contribution in [2.45, 2.75) is 25.0 Å². The maximum absolute atomic E-state index is 11.6. The van der Waals surface area contributed by atoms with E-state index in [2.05, 4.69) is 18.0 Å². The summed E-state index contributed by atoms with van der Waals surface area (Å²) in [5.74, 6) is -2.12. The highest BCUT2D eigenvalue weighted by Gasteiger charge is 2.52. The van der Waals surface area contributed by atoms with Crippen LogP contribution in [0.5, 0.6) is 0 Å². The SMILES string of the molecule is C=CC(=O)NCC(=O)OC1C2CC(=O)OC1C(C#N)C2. The molecule has 2 fully saturated rings. The minimum absolute atomic E-state index is 0.144. The molecule has 0 aromatic rings. The average Bonchev–Trinajstić information content (AvgIpc) is 2.63. The van der Waals surface area contributed by atoms with Crippen LogP contribution >= 0.6 is 0 Å². The highest BCUT2D eigenvalue weighted by Crippen LogP contribution is 2.41. The number of carbonyl (C=O) groups is 3. The van der Waals surface area contributed by atoms with E-state index in [0.717, 1.165) is 6.08 Å². The molecule has 1 amide bonds. The van der Waals surface area contributed by atoms with Gasteiger partial charge < -0.3 is 14.8 Å². The zero-order chi connectivity index (χ0) is 14.7. The van der Waals surface area contributed by atoms with Crippen LogP contribution in [-0.4, -0.2) is 36.6 Å². The first-order chi connectivity index (χ1) is 9.55. The van der Waals surface area contributed by atoms with E-state index in [4.69, 9.17) is 14.7 Å². The van der Waals surface area contributed by atoms with Gasteiger partial charge in [-0.15, -0.1) is 0 Å². The van der Waals surface area contributed by atoms with E-state index in [9.17, 15) is 14.4 Å². The van der Waals surface area contributed by atoms with Gasteiger partial charge in [0.25, 0.3) is 0 Å². The standard InChI is InChI=1S/C13H14N2O5/c1-2-9(16)15-6-11(18)20-12-7-3-8(5-14)13(12)19-10(17)4-7/h2,7-8,12-13H,1,3-4,6H2,(H,15,16). The predicted octanol–water partition coefficient (Wildman–Crippen LogP) is -0.324. The number of nitrogens with one attached hydrogen (secondary N) is 1. The van der Waals surface area contributed by atoms with Gasteiger partial charge in [-0.25, -0.2) is 0 Å². The summed E-state index contributed by atoms with van der Waals surface area (Å²) < 4.78 is 10.3. The Bertz CT molecular complexity index is 495. The first-order valence-electron chi connectivity index (χ1n) is 6.24. The molecule has 106 valence electrons. The Morgan fingerprint density at radius 1 is 1.60 bits per heavy atom. The van der Waals surface area contributed by atoms with Crippen molar-refractivity contribution in [1.29, 1.82) is 5.26 Å². The van der Waals surface area contributed by atoms with Gasteiger partial charge in [0.15, 0.2) is 6.10 Å². The third kappa shape index (κ3) is 2.79. The fourth-order valence-corrected chi connectivity index (χ4v) is 2.57. The molecule has 0 radical (unpaired) electrons. The maximum Gasteiger partial charge on any atom is 0.325 e. The minimum Gasteiger partial charge on any atom is -0.457 e. The molecular formula is C13H14N2O5. The number of hydrogen-bond donors (Lipinski definition) is 1. The van der Waals surface area contributed by atoms with Crippen LogP contribution in [0.15, 0.2) is 12.7 Å². The third-order valence-electron chi connectivity index (χ3n) is 3.46. The first kappa shape index (κ1) is 14.1. The summed E-state index contributed by atoms with van der Waals surface area (Å²) >= 11 is 0. The van der Waals surface area contributed by atoms with Crippen LogP contribution in [-0.2, 0) is 23.9 Å². The van der Waals surface area contributed by atoms with Gasteiger partial charge in [0, 0.05) is 5.92 Å². The lowest BCUT2D eigenvalue weighted by Gasteiger charge is -2.29. The van der Waals surface area contributed by atoms with Crippen LogP contribution in [0.25, 0.3) is 0 Å². The van der Waals surface area contributed by atoms with Crippen molar-refractivity contribution in [3.8, 4) is 6.07 Å². The summed E-state index contributed by atoms with van der Waals surface area (Å²) in [7, 11) is 0. The third-order valence-corrected chi connectivity index (χ3v) is 3.46. The fourth-order valence-electron chi connectivity index (χ4n) is 2.57. The Hall–Kier alpha value is -2.36. The van der Waals surface area contributed by atoms with Gasteiger partial charge in [0.1, 0.15) is 12.6 Å². The molecule has 4 unspecified atom stereocenters. The zero-order valence-corrected chi connectivity index (χ0v) is 10.7. The Labute approximate surface area is 115 Å². The van der Waals surface area contributed by atoms with E-state index in [-0.39, 0.29) is 24.9 Å². The molecule has 7 heteroatoms. The van der Waals surface area contributed by atoms with Crippen LogP contribution in [0.1, 0.15) is 12.8 Å². The number of rotatable bonds is 4. The fraction of sp³-hybridized carbons (Fsp3) is 0.538. The van der Waals surface area contributed by atoms with E-state index in [1.807, 2.05) is 0 Å². The molecule has 1 saturated carbocycles. The molecule has 1 saturated heterocycles. The van der Waals surface area contributed by atoms with Gasteiger partial charge in [-0.3, -0.25) is 14.4 Å². The minimum atomic E-state index is -0.703. The van der Waals surface area contributed by atoms with E-state index in [0.29, 0.717) is 6.42 Å². The van der Waals surface area contributed by atoms with E-state index in [1.54, 1.807) is 0 Å². The lowest BCUT2D eigenvalue weighted by atomic mass is 9.99. The number of fused-ring (bicyclic) bond motifs is 2. The molecule has 1 aliphatic carbocycles. The largest absolute Gasteiger partial charge is 0.457 e. The van der Waals surface area contributed by atoms with Crippen molar-refractivity contribution in [2.75, 3.05) is 6.54 Å².